The number of carbonyl (C=O) groups excluding carboxylic acids is 1. The van der Waals surface area contributed by atoms with Crippen molar-refractivity contribution in [2.45, 2.75) is 65.9 Å². The number of carbonyl (C=O) groups is 1. The molecule has 1 aliphatic heterocycles. The average Bonchev–Trinajstić information content (AvgIpc) is 3.15. The Morgan fingerprint density at radius 3 is 2.66 bits per heavy atom. The lowest BCUT2D eigenvalue weighted by Crippen LogP contribution is -2.33. The van der Waals surface area contributed by atoms with E-state index in [9.17, 15) is 4.79 Å². The highest BCUT2D eigenvalue weighted by atomic mass is 32.2. The van der Waals surface area contributed by atoms with Crippen molar-refractivity contribution in [3.05, 3.63) is 51.5 Å². The maximum absolute atomic E-state index is 12.3. The Morgan fingerprint density at radius 2 is 1.93 bits per heavy atom. The summed E-state index contributed by atoms with van der Waals surface area (Å²) in [5, 5.41) is 2.93. The second-order valence-corrected chi connectivity index (χ2v) is 9.55. The highest BCUT2D eigenvalue weighted by Gasteiger charge is 2.30. The number of nitrogens with one attached hydrogen (secondary N) is 1. The normalized spacial score (nSPS) is 15.0. The van der Waals surface area contributed by atoms with Gasteiger partial charge in [-0.25, -0.2) is 0 Å². The summed E-state index contributed by atoms with van der Waals surface area (Å²) in [6.45, 7) is 11.5. The number of amides is 1. The van der Waals surface area contributed by atoms with Crippen LogP contribution in [0.2, 0.25) is 0 Å². The first-order valence-electron chi connectivity index (χ1n) is 10.4. The van der Waals surface area contributed by atoms with Gasteiger partial charge < -0.3 is 14.5 Å². The number of fused-ring (bicyclic) bond motifs is 1. The average molecular weight is 416 g/mol. The summed E-state index contributed by atoms with van der Waals surface area (Å²) in [7, 11) is 0. The third kappa shape index (κ3) is 4.82. The zero-order chi connectivity index (χ0) is 21.2. The van der Waals surface area contributed by atoms with E-state index in [1.54, 1.807) is 17.8 Å². The van der Waals surface area contributed by atoms with Gasteiger partial charge in [0.15, 0.2) is 5.76 Å². The third-order valence-electron chi connectivity index (χ3n) is 5.94. The smallest absolute Gasteiger partial charge is 0.286 e. The second kappa shape index (κ2) is 8.86. The van der Waals surface area contributed by atoms with Crippen LogP contribution in [-0.2, 0) is 12.8 Å². The fourth-order valence-corrected chi connectivity index (χ4v) is 4.42. The molecule has 1 amide bonds. The van der Waals surface area contributed by atoms with Gasteiger partial charge in [-0.05, 0) is 106 Å². The lowest BCUT2D eigenvalue weighted by atomic mass is 9.84. The Labute approximate surface area is 178 Å². The summed E-state index contributed by atoms with van der Waals surface area (Å²) in [4.78, 5) is 12.3. The van der Waals surface area contributed by atoms with Crippen LogP contribution in [0.25, 0.3) is 0 Å². The molecular formula is C24H33NO3S. The molecule has 2 heterocycles. The van der Waals surface area contributed by atoms with Crippen LogP contribution in [0.1, 0.15) is 70.8 Å². The van der Waals surface area contributed by atoms with Crippen LogP contribution in [0.15, 0.2) is 16.5 Å². The quantitative estimate of drug-likeness (QED) is 0.617. The van der Waals surface area contributed by atoms with Crippen LogP contribution >= 0.6 is 11.8 Å². The van der Waals surface area contributed by atoms with Crippen molar-refractivity contribution in [3.8, 4) is 5.75 Å². The van der Waals surface area contributed by atoms with Gasteiger partial charge in [0.1, 0.15) is 17.1 Å². The van der Waals surface area contributed by atoms with E-state index in [1.807, 2.05) is 6.07 Å². The molecule has 3 rings (SSSR count). The molecule has 1 aromatic heterocycles. The Morgan fingerprint density at radius 1 is 1.17 bits per heavy atom. The molecule has 2 aromatic rings. The highest BCUT2D eigenvalue weighted by Crippen LogP contribution is 2.41. The third-order valence-corrected chi connectivity index (χ3v) is 6.63. The van der Waals surface area contributed by atoms with E-state index in [2.05, 4.69) is 46.2 Å². The van der Waals surface area contributed by atoms with Gasteiger partial charge in [-0.2, -0.15) is 11.8 Å². The van der Waals surface area contributed by atoms with E-state index in [1.165, 1.54) is 27.8 Å². The standard InChI is InChI=1S/C24H33NO3S/c1-15-16(2)22-19(10-11-24(4,5)28-22)17(3)20(15)14-18-8-9-21(27-18)23(26)25-12-7-13-29-6/h8-9H,7,10-14H2,1-6H3,(H,25,26). The Kier molecular flexibility index (Phi) is 6.67. The van der Waals surface area contributed by atoms with Crippen molar-refractivity contribution in [3.63, 3.8) is 0 Å². The van der Waals surface area contributed by atoms with Crippen LogP contribution in [0.5, 0.6) is 5.75 Å². The molecule has 0 bridgehead atoms. The van der Waals surface area contributed by atoms with Crippen LogP contribution < -0.4 is 10.1 Å². The summed E-state index contributed by atoms with van der Waals surface area (Å²) in [6, 6.07) is 3.70. The van der Waals surface area contributed by atoms with E-state index in [0.717, 1.165) is 36.5 Å². The summed E-state index contributed by atoms with van der Waals surface area (Å²) in [5.74, 6) is 3.18. The zero-order valence-electron chi connectivity index (χ0n) is 18.5. The van der Waals surface area contributed by atoms with Crippen molar-refractivity contribution < 1.29 is 13.9 Å². The van der Waals surface area contributed by atoms with Gasteiger partial charge in [0.05, 0.1) is 0 Å². The van der Waals surface area contributed by atoms with Crippen molar-refractivity contribution in [2.75, 3.05) is 18.6 Å². The summed E-state index contributed by atoms with van der Waals surface area (Å²) < 4.78 is 12.2. The largest absolute Gasteiger partial charge is 0.487 e. The van der Waals surface area contributed by atoms with Gasteiger partial charge in [0.25, 0.3) is 5.91 Å². The van der Waals surface area contributed by atoms with Crippen molar-refractivity contribution in [1.29, 1.82) is 0 Å². The predicted molar refractivity (Wildman–Crippen MR) is 121 cm³/mol. The molecule has 158 valence electrons. The van der Waals surface area contributed by atoms with E-state index in [-0.39, 0.29) is 11.5 Å². The number of benzene rings is 1. The van der Waals surface area contributed by atoms with E-state index < -0.39 is 0 Å². The zero-order valence-corrected chi connectivity index (χ0v) is 19.3. The van der Waals surface area contributed by atoms with Gasteiger partial charge in [0.2, 0.25) is 0 Å². The van der Waals surface area contributed by atoms with E-state index in [4.69, 9.17) is 9.15 Å². The van der Waals surface area contributed by atoms with E-state index in [0.29, 0.717) is 18.7 Å². The SMILES string of the molecule is CSCCCNC(=O)c1ccc(Cc2c(C)c(C)c3c(c2C)CCC(C)(C)O3)o1. The number of furan rings is 1. The topological polar surface area (TPSA) is 51.5 Å². The van der Waals surface area contributed by atoms with Crippen molar-refractivity contribution in [2.24, 2.45) is 0 Å². The lowest BCUT2D eigenvalue weighted by Gasteiger charge is -2.35. The minimum absolute atomic E-state index is 0.114. The molecule has 1 aliphatic rings. The molecule has 1 N–H and O–H groups in total. The summed E-state index contributed by atoms with van der Waals surface area (Å²) in [6.07, 6.45) is 5.77. The number of ether oxygens (including phenoxy) is 1. The number of thioether (sulfide) groups is 1. The molecule has 0 aliphatic carbocycles. The molecule has 29 heavy (non-hydrogen) atoms. The van der Waals surface area contributed by atoms with Crippen LogP contribution in [0, 0.1) is 20.8 Å². The van der Waals surface area contributed by atoms with E-state index >= 15 is 0 Å². The lowest BCUT2D eigenvalue weighted by molar-refractivity contribution is 0.0833. The maximum atomic E-state index is 12.3. The Hall–Kier alpha value is -1.88. The molecule has 0 radical (unpaired) electrons. The first kappa shape index (κ1) is 21.8. The van der Waals surface area contributed by atoms with Crippen LogP contribution in [0.4, 0.5) is 0 Å². The number of hydrogen-bond acceptors (Lipinski definition) is 4. The van der Waals surface area contributed by atoms with Gasteiger partial charge >= 0.3 is 0 Å². The predicted octanol–water partition coefficient (Wildman–Crippen LogP) is 5.38. The number of rotatable bonds is 7. The molecule has 1 aromatic carbocycles. The molecule has 0 atom stereocenters. The molecular weight excluding hydrogens is 382 g/mol. The first-order valence-corrected chi connectivity index (χ1v) is 11.8. The van der Waals surface area contributed by atoms with Crippen molar-refractivity contribution in [1.82, 2.24) is 5.32 Å². The minimum Gasteiger partial charge on any atom is -0.487 e. The molecule has 4 nitrogen and oxygen atoms in total. The molecule has 0 unspecified atom stereocenters. The molecule has 0 saturated carbocycles. The van der Waals surface area contributed by atoms with Gasteiger partial charge in [-0.1, -0.05) is 0 Å². The van der Waals surface area contributed by atoms with Crippen molar-refractivity contribution >= 4 is 17.7 Å². The summed E-state index contributed by atoms with van der Waals surface area (Å²) >= 11 is 1.78. The van der Waals surface area contributed by atoms with Gasteiger partial charge in [0, 0.05) is 13.0 Å². The molecule has 5 heteroatoms. The number of hydrogen-bond donors (Lipinski definition) is 1. The van der Waals surface area contributed by atoms with Crippen LogP contribution in [-0.4, -0.2) is 30.1 Å². The van der Waals surface area contributed by atoms with Crippen LogP contribution in [0.3, 0.4) is 0 Å². The van der Waals surface area contributed by atoms with Gasteiger partial charge in [-0.15, -0.1) is 0 Å². The molecule has 0 fully saturated rings. The Balaban J connectivity index is 1.79. The second-order valence-electron chi connectivity index (χ2n) is 8.57. The maximum Gasteiger partial charge on any atom is 0.286 e. The fourth-order valence-electron chi connectivity index (χ4n) is 3.99. The molecule has 0 spiro atoms. The molecule has 0 saturated heterocycles. The van der Waals surface area contributed by atoms with Gasteiger partial charge in [-0.3, -0.25) is 4.79 Å². The monoisotopic (exact) mass is 415 g/mol. The Bertz CT molecular complexity index is 898. The minimum atomic E-state index is -0.136. The fraction of sp³-hybridized carbons (Fsp3) is 0.542. The highest BCUT2D eigenvalue weighted by molar-refractivity contribution is 7.98. The summed E-state index contributed by atoms with van der Waals surface area (Å²) in [5.41, 5.74) is 6.24. The first-order chi connectivity index (χ1) is 13.7.